The van der Waals surface area contributed by atoms with Gasteiger partial charge in [-0.05, 0) is 41.4 Å². The van der Waals surface area contributed by atoms with Crippen LogP contribution in [0.3, 0.4) is 0 Å². The van der Waals surface area contributed by atoms with E-state index in [1.807, 2.05) is 12.1 Å². The Labute approximate surface area is 131 Å². The first kappa shape index (κ1) is 17.5. The summed E-state index contributed by atoms with van der Waals surface area (Å²) in [6.07, 6.45) is 1.02. The first-order chi connectivity index (χ1) is 9.54. The highest BCUT2D eigenvalue weighted by Crippen LogP contribution is 2.30. The van der Waals surface area contributed by atoms with Crippen LogP contribution in [0.15, 0.2) is 22.7 Å². The van der Waals surface area contributed by atoms with E-state index in [0.717, 1.165) is 29.7 Å². The maximum atomic E-state index is 6.07. The Morgan fingerprint density at radius 2 is 2.00 bits per heavy atom. The number of para-hydroxylation sites is 1. The van der Waals surface area contributed by atoms with E-state index in [0.29, 0.717) is 12.5 Å². The second-order valence-electron chi connectivity index (χ2n) is 5.46. The second-order valence-corrected chi connectivity index (χ2v) is 6.32. The lowest BCUT2D eigenvalue weighted by Gasteiger charge is -2.19. The third-order valence-electron chi connectivity index (χ3n) is 2.96. The number of hydrogen-bond donors (Lipinski definition) is 1. The first-order valence-corrected chi connectivity index (χ1v) is 7.97. The summed E-state index contributed by atoms with van der Waals surface area (Å²) in [6.45, 7) is 9.03. The van der Waals surface area contributed by atoms with Crippen molar-refractivity contribution in [3.63, 3.8) is 0 Å². The molecule has 0 aliphatic heterocycles. The zero-order chi connectivity index (χ0) is 15.0. The van der Waals surface area contributed by atoms with Crippen molar-refractivity contribution in [3.8, 4) is 5.75 Å². The van der Waals surface area contributed by atoms with E-state index in [9.17, 15) is 0 Å². The Bertz CT molecular complexity index is 396. The number of halogens is 1. The molecule has 0 aromatic heterocycles. The molecule has 0 heterocycles. The molecule has 0 amide bonds. The molecule has 0 bridgehead atoms. The molecule has 1 N–H and O–H groups in total. The van der Waals surface area contributed by atoms with Crippen LogP contribution in [-0.4, -0.2) is 26.4 Å². The van der Waals surface area contributed by atoms with Crippen molar-refractivity contribution in [1.82, 2.24) is 5.32 Å². The predicted octanol–water partition coefficient (Wildman–Crippen LogP) is 4.00. The van der Waals surface area contributed by atoms with Gasteiger partial charge in [-0.15, -0.1) is 0 Å². The van der Waals surface area contributed by atoms with Crippen LogP contribution in [0, 0.1) is 5.92 Å². The van der Waals surface area contributed by atoms with E-state index < -0.39 is 0 Å². The molecule has 1 aromatic carbocycles. The van der Waals surface area contributed by atoms with Gasteiger partial charge in [-0.2, -0.15) is 0 Å². The first-order valence-electron chi connectivity index (χ1n) is 7.18. The van der Waals surface area contributed by atoms with Crippen LogP contribution in [0.25, 0.3) is 0 Å². The summed E-state index contributed by atoms with van der Waals surface area (Å²) in [5, 5.41) is 3.46. The summed E-state index contributed by atoms with van der Waals surface area (Å²) in [7, 11) is 1.71. The summed E-state index contributed by atoms with van der Waals surface area (Å²) in [5.41, 5.74) is 1.18. The van der Waals surface area contributed by atoms with E-state index in [2.05, 4.69) is 48.1 Å². The molecule has 20 heavy (non-hydrogen) atoms. The number of nitrogens with one attached hydrogen (secondary N) is 1. The zero-order valence-corrected chi connectivity index (χ0v) is 14.5. The molecule has 1 aromatic rings. The van der Waals surface area contributed by atoms with Gasteiger partial charge < -0.3 is 14.8 Å². The highest BCUT2D eigenvalue weighted by Gasteiger charge is 2.12. The highest BCUT2D eigenvalue weighted by atomic mass is 79.9. The molecule has 1 rings (SSSR count). The van der Waals surface area contributed by atoms with Crippen molar-refractivity contribution in [2.75, 3.05) is 20.3 Å². The van der Waals surface area contributed by atoms with Gasteiger partial charge in [0.2, 0.25) is 0 Å². The van der Waals surface area contributed by atoms with Crippen molar-refractivity contribution in [1.29, 1.82) is 0 Å². The standard InChI is InChI=1S/C16H26BrNO2/c1-12(2)10-18-11-14-6-5-7-15(17)16(14)20-13(3)8-9-19-4/h5-7,12-13,18H,8-11H2,1-4H3. The van der Waals surface area contributed by atoms with E-state index in [1.54, 1.807) is 7.11 Å². The van der Waals surface area contributed by atoms with Crippen LogP contribution < -0.4 is 10.1 Å². The van der Waals surface area contributed by atoms with Gasteiger partial charge in [-0.1, -0.05) is 26.0 Å². The number of hydrogen-bond acceptors (Lipinski definition) is 3. The van der Waals surface area contributed by atoms with Crippen LogP contribution in [0.2, 0.25) is 0 Å². The normalized spacial score (nSPS) is 12.7. The average Bonchev–Trinajstić information content (AvgIpc) is 2.39. The lowest BCUT2D eigenvalue weighted by Crippen LogP contribution is -2.21. The minimum Gasteiger partial charge on any atom is -0.489 e. The van der Waals surface area contributed by atoms with E-state index in [1.165, 1.54) is 5.56 Å². The van der Waals surface area contributed by atoms with Gasteiger partial charge in [-0.25, -0.2) is 0 Å². The Kier molecular flexibility index (Phi) is 8.19. The summed E-state index contributed by atoms with van der Waals surface area (Å²) in [4.78, 5) is 0. The van der Waals surface area contributed by atoms with Gasteiger partial charge in [0.05, 0.1) is 10.6 Å². The summed E-state index contributed by atoms with van der Waals surface area (Å²) >= 11 is 3.58. The number of ether oxygens (including phenoxy) is 2. The molecule has 4 heteroatoms. The van der Waals surface area contributed by atoms with Crippen LogP contribution in [0.1, 0.15) is 32.8 Å². The lowest BCUT2D eigenvalue weighted by atomic mass is 10.1. The van der Waals surface area contributed by atoms with Crippen LogP contribution in [0.4, 0.5) is 0 Å². The van der Waals surface area contributed by atoms with Crippen molar-refractivity contribution in [3.05, 3.63) is 28.2 Å². The van der Waals surface area contributed by atoms with Crippen molar-refractivity contribution >= 4 is 15.9 Å². The molecule has 0 fully saturated rings. The van der Waals surface area contributed by atoms with Crippen LogP contribution in [-0.2, 0) is 11.3 Å². The maximum Gasteiger partial charge on any atom is 0.138 e. The molecule has 3 nitrogen and oxygen atoms in total. The van der Waals surface area contributed by atoms with Gasteiger partial charge in [-0.3, -0.25) is 0 Å². The lowest BCUT2D eigenvalue weighted by molar-refractivity contribution is 0.134. The Morgan fingerprint density at radius 1 is 1.25 bits per heavy atom. The molecule has 0 radical (unpaired) electrons. The Hall–Kier alpha value is -0.580. The van der Waals surface area contributed by atoms with E-state index in [4.69, 9.17) is 9.47 Å². The predicted molar refractivity (Wildman–Crippen MR) is 87.3 cm³/mol. The average molecular weight is 344 g/mol. The summed E-state index contributed by atoms with van der Waals surface area (Å²) < 4.78 is 12.2. The minimum atomic E-state index is 0.137. The smallest absolute Gasteiger partial charge is 0.138 e. The van der Waals surface area contributed by atoms with Gasteiger partial charge in [0.25, 0.3) is 0 Å². The van der Waals surface area contributed by atoms with Crippen molar-refractivity contribution < 1.29 is 9.47 Å². The van der Waals surface area contributed by atoms with Crippen LogP contribution >= 0.6 is 15.9 Å². The third kappa shape index (κ3) is 6.25. The highest BCUT2D eigenvalue weighted by molar-refractivity contribution is 9.10. The van der Waals surface area contributed by atoms with Gasteiger partial charge >= 0.3 is 0 Å². The summed E-state index contributed by atoms with van der Waals surface area (Å²) in [5.74, 6) is 1.58. The van der Waals surface area contributed by atoms with Crippen molar-refractivity contribution in [2.45, 2.75) is 39.8 Å². The van der Waals surface area contributed by atoms with Crippen molar-refractivity contribution in [2.24, 2.45) is 5.92 Å². The largest absolute Gasteiger partial charge is 0.489 e. The van der Waals surface area contributed by atoms with E-state index >= 15 is 0 Å². The topological polar surface area (TPSA) is 30.5 Å². The molecule has 0 aliphatic rings. The molecular weight excluding hydrogens is 318 g/mol. The molecular formula is C16H26BrNO2. The van der Waals surface area contributed by atoms with Gasteiger partial charge in [0.1, 0.15) is 5.75 Å². The third-order valence-corrected chi connectivity index (χ3v) is 3.59. The molecule has 1 unspecified atom stereocenters. The molecule has 1 atom stereocenters. The number of methoxy groups -OCH3 is 1. The molecule has 114 valence electrons. The minimum absolute atomic E-state index is 0.137. The van der Waals surface area contributed by atoms with Gasteiger partial charge in [0, 0.05) is 32.2 Å². The van der Waals surface area contributed by atoms with E-state index in [-0.39, 0.29) is 6.10 Å². The fraction of sp³-hybridized carbons (Fsp3) is 0.625. The fourth-order valence-corrected chi connectivity index (χ4v) is 2.36. The fourth-order valence-electron chi connectivity index (χ4n) is 1.86. The van der Waals surface area contributed by atoms with Crippen LogP contribution in [0.5, 0.6) is 5.75 Å². The maximum absolute atomic E-state index is 6.07. The quantitative estimate of drug-likeness (QED) is 0.735. The van der Waals surface area contributed by atoms with Gasteiger partial charge in [0.15, 0.2) is 0 Å². The Balaban J connectivity index is 2.67. The SMILES string of the molecule is COCCC(C)Oc1c(Br)cccc1CNCC(C)C. The molecule has 0 saturated carbocycles. The zero-order valence-electron chi connectivity index (χ0n) is 12.9. The molecule has 0 aliphatic carbocycles. The summed E-state index contributed by atoms with van der Waals surface area (Å²) in [6, 6.07) is 6.17. The monoisotopic (exact) mass is 343 g/mol. The number of rotatable bonds is 9. The molecule has 0 saturated heterocycles. The Morgan fingerprint density at radius 3 is 2.65 bits per heavy atom. The second kappa shape index (κ2) is 9.37. The molecule has 0 spiro atoms. The number of benzene rings is 1.